The molecule has 2 heterocycles. The first-order valence-corrected chi connectivity index (χ1v) is 14.9. The standard InChI is InChI=1S/C28H31F2N5O6S/c1-28(5-6-28)17-41-25-24(15-32-35(26(25)36)22-13-20(29)12-21(30)14-22)33-7-9-34(10-8-33)42(38,39)16-19-11-18(27(37)40-2)3-4-23(19)31/h3-4,11-15H,5-10,16-17,31H2,1-2H3. The topological polar surface area (TPSA) is 137 Å². The molecule has 42 heavy (non-hydrogen) atoms. The van der Waals surface area contributed by atoms with Crippen LogP contribution in [0.3, 0.4) is 0 Å². The van der Waals surface area contributed by atoms with Gasteiger partial charge >= 0.3 is 11.5 Å². The smallest absolute Gasteiger partial charge is 0.337 e. The van der Waals surface area contributed by atoms with Crippen LogP contribution in [0.2, 0.25) is 0 Å². The fourth-order valence-corrected chi connectivity index (χ4v) is 6.26. The van der Waals surface area contributed by atoms with E-state index in [2.05, 4.69) is 5.10 Å². The van der Waals surface area contributed by atoms with Crippen molar-refractivity contribution in [3.05, 3.63) is 75.7 Å². The van der Waals surface area contributed by atoms with Gasteiger partial charge in [-0.1, -0.05) is 6.92 Å². The van der Waals surface area contributed by atoms with Crippen molar-refractivity contribution in [2.45, 2.75) is 25.5 Å². The molecule has 2 fully saturated rings. The summed E-state index contributed by atoms with van der Waals surface area (Å²) in [5.74, 6) is -2.74. The molecule has 11 nitrogen and oxygen atoms in total. The molecule has 0 radical (unpaired) electrons. The van der Waals surface area contributed by atoms with E-state index in [0.29, 0.717) is 11.8 Å². The number of halogens is 2. The zero-order valence-electron chi connectivity index (χ0n) is 23.2. The molecule has 14 heteroatoms. The molecule has 1 aliphatic heterocycles. The fourth-order valence-electron chi connectivity index (χ4n) is 4.71. The summed E-state index contributed by atoms with van der Waals surface area (Å²) in [5.41, 5.74) is 6.24. The second-order valence-corrected chi connectivity index (χ2v) is 12.8. The molecule has 3 aromatic rings. The normalized spacial score (nSPS) is 16.7. The van der Waals surface area contributed by atoms with Crippen molar-refractivity contribution < 1.29 is 31.5 Å². The molecule has 224 valence electrons. The van der Waals surface area contributed by atoms with Gasteiger partial charge in [0.2, 0.25) is 15.8 Å². The Labute approximate surface area is 241 Å². The third-order valence-corrected chi connectivity index (χ3v) is 9.38. The molecule has 0 spiro atoms. The predicted molar refractivity (Wildman–Crippen MR) is 151 cm³/mol. The van der Waals surface area contributed by atoms with Crippen LogP contribution in [0.15, 0.2) is 47.4 Å². The summed E-state index contributed by atoms with van der Waals surface area (Å²) in [6.07, 6.45) is 3.28. The number of anilines is 2. The van der Waals surface area contributed by atoms with Crippen molar-refractivity contribution >= 4 is 27.4 Å². The third-order valence-electron chi connectivity index (χ3n) is 7.55. The van der Waals surface area contributed by atoms with Crippen LogP contribution in [0.4, 0.5) is 20.2 Å². The molecule has 2 aromatic carbocycles. The summed E-state index contributed by atoms with van der Waals surface area (Å²) in [6.45, 7) is 2.97. The lowest BCUT2D eigenvalue weighted by atomic mass is 10.1. The molecule has 1 saturated heterocycles. The van der Waals surface area contributed by atoms with Crippen LogP contribution in [0.25, 0.3) is 5.69 Å². The van der Waals surface area contributed by atoms with E-state index in [-0.39, 0.29) is 66.5 Å². The number of carbonyl (C=O) groups is 1. The molecule has 0 amide bonds. The van der Waals surface area contributed by atoms with Gasteiger partial charge in [-0.2, -0.15) is 14.1 Å². The summed E-state index contributed by atoms with van der Waals surface area (Å²) >= 11 is 0. The van der Waals surface area contributed by atoms with E-state index in [4.69, 9.17) is 15.2 Å². The minimum atomic E-state index is -3.81. The number of benzene rings is 2. The SMILES string of the molecule is COC(=O)c1ccc(N)c(CS(=O)(=O)N2CCN(c3cnn(-c4cc(F)cc(F)c4)c(=O)c3OCC3(C)CC3)CC2)c1. The summed E-state index contributed by atoms with van der Waals surface area (Å²) in [7, 11) is -2.58. The summed E-state index contributed by atoms with van der Waals surface area (Å²) in [6, 6.07) is 7.04. The van der Waals surface area contributed by atoms with E-state index in [9.17, 15) is 26.8 Å². The lowest BCUT2D eigenvalue weighted by Crippen LogP contribution is -2.49. The average Bonchev–Trinajstić information content (AvgIpc) is 3.69. The number of methoxy groups -OCH3 is 1. The Kier molecular flexibility index (Phi) is 7.94. The number of piperazine rings is 1. The average molecular weight is 604 g/mol. The molecule has 1 aromatic heterocycles. The first-order chi connectivity index (χ1) is 19.9. The Balaban J connectivity index is 1.37. The van der Waals surface area contributed by atoms with Gasteiger partial charge in [-0.3, -0.25) is 4.79 Å². The quantitative estimate of drug-likeness (QED) is 0.289. The number of ether oxygens (including phenoxy) is 2. The van der Waals surface area contributed by atoms with Crippen LogP contribution < -0.4 is 20.9 Å². The van der Waals surface area contributed by atoms with Crippen molar-refractivity contribution in [1.29, 1.82) is 0 Å². The van der Waals surface area contributed by atoms with Gasteiger partial charge in [0.25, 0.3) is 0 Å². The van der Waals surface area contributed by atoms with E-state index in [1.807, 2.05) is 6.92 Å². The maximum atomic E-state index is 13.9. The lowest BCUT2D eigenvalue weighted by molar-refractivity contribution is 0.0600. The fraction of sp³-hybridized carbons (Fsp3) is 0.393. The first-order valence-electron chi connectivity index (χ1n) is 13.3. The molecular formula is C28H31F2N5O6S. The maximum absolute atomic E-state index is 13.9. The number of hydrogen-bond donors (Lipinski definition) is 1. The van der Waals surface area contributed by atoms with Crippen LogP contribution in [-0.2, 0) is 20.5 Å². The molecule has 2 N–H and O–H groups in total. The number of hydrogen-bond acceptors (Lipinski definition) is 9. The van der Waals surface area contributed by atoms with Gasteiger partial charge in [0.05, 0.1) is 36.9 Å². The number of nitrogens with zero attached hydrogens (tertiary/aromatic N) is 4. The molecule has 5 rings (SSSR count). The van der Waals surface area contributed by atoms with E-state index in [1.165, 1.54) is 35.8 Å². The van der Waals surface area contributed by atoms with Gasteiger partial charge in [0.15, 0.2) is 0 Å². The van der Waals surface area contributed by atoms with Crippen molar-refractivity contribution in [1.82, 2.24) is 14.1 Å². The number of esters is 1. The number of rotatable bonds is 9. The highest BCUT2D eigenvalue weighted by Crippen LogP contribution is 2.45. The van der Waals surface area contributed by atoms with Gasteiger partial charge in [0, 0.05) is 43.3 Å². The minimum Gasteiger partial charge on any atom is -0.486 e. The molecule has 1 aliphatic carbocycles. The second-order valence-electron chi connectivity index (χ2n) is 10.9. The highest BCUT2D eigenvalue weighted by molar-refractivity contribution is 7.88. The molecule has 0 bridgehead atoms. The molecular weight excluding hydrogens is 572 g/mol. The monoisotopic (exact) mass is 603 g/mol. The third kappa shape index (κ3) is 6.23. The predicted octanol–water partition coefficient (Wildman–Crippen LogP) is 2.71. The molecule has 0 atom stereocenters. The summed E-state index contributed by atoms with van der Waals surface area (Å²) < 4.78 is 67.3. The van der Waals surface area contributed by atoms with Gasteiger partial charge < -0.3 is 20.1 Å². The largest absolute Gasteiger partial charge is 0.486 e. The highest BCUT2D eigenvalue weighted by atomic mass is 32.2. The van der Waals surface area contributed by atoms with Crippen LogP contribution in [-0.4, -0.2) is 68.4 Å². The number of nitrogens with two attached hydrogens (primary N) is 1. The number of nitrogen functional groups attached to an aromatic ring is 1. The molecule has 2 aliphatic rings. The Hall–Kier alpha value is -4.04. The first kappa shape index (κ1) is 29.5. The number of sulfonamides is 1. The lowest BCUT2D eigenvalue weighted by Gasteiger charge is -2.36. The minimum absolute atomic E-state index is 0.0218. The van der Waals surface area contributed by atoms with Crippen molar-refractivity contribution in [2.24, 2.45) is 5.41 Å². The maximum Gasteiger partial charge on any atom is 0.337 e. The van der Waals surface area contributed by atoms with Gasteiger partial charge in [0.1, 0.15) is 17.3 Å². The van der Waals surface area contributed by atoms with Crippen molar-refractivity contribution in [3.63, 3.8) is 0 Å². The molecule has 0 unspecified atom stereocenters. The number of aromatic nitrogens is 2. The van der Waals surface area contributed by atoms with Crippen molar-refractivity contribution in [3.8, 4) is 11.4 Å². The van der Waals surface area contributed by atoms with E-state index < -0.39 is 38.9 Å². The van der Waals surface area contributed by atoms with E-state index in [1.54, 1.807) is 4.90 Å². The van der Waals surface area contributed by atoms with Crippen LogP contribution in [0.5, 0.6) is 5.75 Å². The Bertz CT molecular complexity index is 1660. The molecule has 1 saturated carbocycles. The van der Waals surface area contributed by atoms with Gasteiger partial charge in [-0.05, 0) is 48.7 Å². The zero-order chi connectivity index (χ0) is 30.2. The van der Waals surface area contributed by atoms with Crippen LogP contribution >= 0.6 is 0 Å². The van der Waals surface area contributed by atoms with E-state index >= 15 is 0 Å². The van der Waals surface area contributed by atoms with Gasteiger partial charge in [-0.25, -0.2) is 22.0 Å². The van der Waals surface area contributed by atoms with Gasteiger partial charge in [-0.15, -0.1) is 0 Å². The zero-order valence-corrected chi connectivity index (χ0v) is 24.0. The second kappa shape index (κ2) is 11.3. The number of carbonyl (C=O) groups excluding carboxylic acids is 1. The Morgan fingerprint density at radius 1 is 1.07 bits per heavy atom. The Morgan fingerprint density at radius 2 is 1.74 bits per heavy atom. The summed E-state index contributed by atoms with van der Waals surface area (Å²) in [5, 5.41) is 4.16. The summed E-state index contributed by atoms with van der Waals surface area (Å²) in [4.78, 5) is 27.2. The van der Waals surface area contributed by atoms with Crippen molar-refractivity contribution in [2.75, 3.05) is 50.5 Å². The highest BCUT2D eigenvalue weighted by Gasteiger charge is 2.39. The van der Waals surface area contributed by atoms with E-state index in [0.717, 1.165) is 29.7 Å². The van der Waals surface area contributed by atoms with Crippen LogP contribution in [0, 0.1) is 17.0 Å². The van der Waals surface area contributed by atoms with Crippen LogP contribution in [0.1, 0.15) is 35.7 Å². The Morgan fingerprint density at radius 3 is 2.36 bits per heavy atom.